The summed E-state index contributed by atoms with van der Waals surface area (Å²) in [5, 5.41) is 4.56. The van der Waals surface area contributed by atoms with E-state index in [4.69, 9.17) is 19.4 Å². The van der Waals surface area contributed by atoms with Crippen LogP contribution < -0.4 is 14.8 Å². The summed E-state index contributed by atoms with van der Waals surface area (Å²) < 4.78 is 10.9. The first-order valence-electron chi connectivity index (χ1n) is 9.00. The fourth-order valence-corrected chi connectivity index (χ4v) is 4.25. The summed E-state index contributed by atoms with van der Waals surface area (Å²) in [5.41, 5.74) is 3.07. The molecule has 0 aliphatic carbocycles. The molecule has 28 heavy (non-hydrogen) atoms. The topological polar surface area (TPSA) is 69.2 Å². The van der Waals surface area contributed by atoms with E-state index in [1.54, 1.807) is 17.5 Å². The molecule has 4 aromatic rings. The van der Waals surface area contributed by atoms with Gasteiger partial charge in [-0.15, -0.1) is 11.3 Å². The van der Waals surface area contributed by atoms with Crippen molar-refractivity contribution in [3.63, 3.8) is 0 Å². The molecule has 0 radical (unpaired) electrons. The summed E-state index contributed by atoms with van der Waals surface area (Å²) in [6.45, 7) is 5.13. The number of aryl methyl sites for hydroxylation is 2. The van der Waals surface area contributed by atoms with Gasteiger partial charge in [-0.2, -0.15) is 0 Å². The van der Waals surface area contributed by atoms with Crippen LogP contribution in [0.15, 0.2) is 42.6 Å². The molecule has 1 aliphatic rings. The van der Waals surface area contributed by atoms with E-state index in [0.29, 0.717) is 12.4 Å². The van der Waals surface area contributed by atoms with Gasteiger partial charge in [-0.3, -0.25) is 4.98 Å². The first-order chi connectivity index (χ1) is 13.7. The Morgan fingerprint density at radius 2 is 1.96 bits per heavy atom. The SMILES string of the molecule is Cc1sc2nc(-c3ccccn3)nc(NCc3ccc4c(c3)OCO4)c2c1C. The van der Waals surface area contributed by atoms with Gasteiger partial charge in [0.15, 0.2) is 17.3 Å². The lowest BCUT2D eigenvalue weighted by molar-refractivity contribution is 0.174. The molecule has 0 fully saturated rings. The molecule has 1 aromatic carbocycles. The molecule has 7 heteroatoms. The first kappa shape index (κ1) is 16.9. The third kappa shape index (κ3) is 2.93. The van der Waals surface area contributed by atoms with Gasteiger partial charge in [-0.05, 0) is 49.2 Å². The minimum absolute atomic E-state index is 0.277. The first-order valence-corrected chi connectivity index (χ1v) is 9.82. The van der Waals surface area contributed by atoms with Crippen LogP contribution in [0.2, 0.25) is 0 Å². The zero-order chi connectivity index (χ0) is 19.1. The maximum absolute atomic E-state index is 5.48. The maximum atomic E-state index is 5.48. The molecule has 6 nitrogen and oxygen atoms in total. The highest BCUT2D eigenvalue weighted by Crippen LogP contribution is 2.36. The Balaban J connectivity index is 1.53. The lowest BCUT2D eigenvalue weighted by Crippen LogP contribution is -2.04. The van der Waals surface area contributed by atoms with E-state index in [9.17, 15) is 0 Å². The third-order valence-corrected chi connectivity index (χ3v) is 5.92. The van der Waals surface area contributed by atoms with Gasteiger partial charge in [-0.1, -0.05) is 12.1 Å². The van der Waals surface area contributed by atoms with Crippen molar-refractivity contribution in [2.24, 2.45) is 0 Å². The van der Waals surface area contributed by atoms with Gasteiger partial charge in [0, 0.05) is 17.6 Å². The van der Waals surface area contributed by atoms with Gasteiger partial charge in [0.1, 0.15) is 16.3 Å². The van der Waals surface area contributed by atoms with Crippen LogP contribution in [0.4, 0.5) is 5.82 Å². The lowest BCUT2D eigenvalue weighted by Gasteiger charge is -2.10. The molecule has 1 aliphatic heterocycles. The van der Waals surface area contributed by atoms with E-state index in [0.717, 1.165) is 38.8 Å². The molecule has 0 bridgehead atoms. The van der Waals surface area contributed by atoms with E-state index in [1.165, 1.54) is 10.4 Å². The van der Waals surface area contributed by atoms with Crippen molar-refractivity contribution in [1.82, 2.24) is 15.0 Å². The van der Waals surface area contributed by atoms with Crippen LogP contribution in [0.1, 0.15) is 16.0 Å². The van der Waals surface area contributed by atoms with Crippen LogP contribution in [-0.2, 0) is 6.54 Å². The minimum atomic E-state index is 0.277. The zero-order valence-electron chi connectivity index (χ0n) is 15.5. The molecule has 1 N–H and O–H groups in total. The second kappa shape index (κ2) is 6.76. The predicted molar refractivity (Wildman–Crippen MR) is 110 cm³/mol. The van der Waals surface area contributed by atoms with Gasteiger partial charge in [-0.25, -0.2) is 9.97 Å². The van der Waals surface area contributed by atoms with Crippen LogP contribution in [0.5, 0.6) is 11.5 Å². The molecule has 4 heterocycles. The molecule has 5 rings (SSSR count). The Morgan fingerprint density at radius 3 is 2.82 bits per heavy atom. The zero-order valence-corrected chi connectivity index (χ0v) is 16.3. The number of fused-ring (bicyclic) bond motifs is 2. The lowest BCUT2D eigenvalue weighted by atomic mass is 10.2. The standard InChI is InChI=1S/C21H18N4O2S/c1-12-13(2)28-21-18(12)20(24-19(25-21)15-5-3-4-8-22-15)23-10-14-6-7-16-17(9-14)27-11-26-16/h3-9H,10-11H2,1-2H3,(H,23,24,25). The molecular weight excluding hydrogens is 372 g/mol. The van der Waals surface area contributed by atoms with Gasteiger partial charge >= 0.3 is 0 Å². The number of nitrogens with zero attached hydrogens (tertiary/aromatic N) is 3. The molecule has 0 spiro atoms. The molecule has 3 aromatic heterocycles. The van der Waals surface area contributed by atoms with Crippen LogP contribution >= 0.6 is 11.3 Å². The van der Waals surface area contributed by atoms with Crippen molar-refractivity contribution in [1.29, 1.82) is 0 Å². The Hall–Kier alpha value is -3.19. The highest BCUT2D eigenvalue weighted by Gasteiger charge is 2.17. The van der Waals surface area contributed by atoms with Gasteiger partial charge in [0.05, 0.1) is 5.39 Å². The van der Waals surface area contributed by atoms with E-state index in [-0.39, 0.29) is 6.79 Å². The fraction of sp³-hybridized carbons (Fsp3) is 0.190. The number of aromatic nitrogens is 3. The van der Waals surface area contributed by atoms with E-state index >= 15 is 0 Å². The average molecular weight is 390 g/mol. The Morgan fingerprint density at radius 1 is 1.07 bits per heavy atom. The summed E-state index contributed by atoms with van der Waals surface area (Å²) in [7, 11) is 0. The number of hydrogen-bond donors (Lipinski definition) is 1. The monoisotopic (exact) mass is 390 g/mol. The quantitative estimate of drug-likeness (QED) is 0.544. The average Bonchev–Trinajstić information content (AvgIpc) is 3.30. The Labute approximate surface area is 166 Å². The van der Waals surface area contributed by atoms with E-state index < -0.39 is 0 Å². The molecule has 0 unspecified atom stereocenters. The largest absolute Gasteiger partial charge is 0.454 e. The van der Waals surface area contributed by atoms with Crippen molar-refractivity contribution in [3.05, 3.63) is 58.6 Å². The minimum Gasteiger partial charge on any atom is -0.454 e. The number of nitrogens with one attached hydrogen (secondary N) is 1. The van der Waals surface area contributed by atoms with Crippen molar-refractivity contribution in [2.75, 3.05) is 12.1 Å². The second-order valence-electron chi connectivity index (χ2n) is 6.62. The van der Waals surface area contributed by atoms with Gasteiger partial charge < -0.3 is 14.8 Å². The third-order valence-electron chi connectivity index (χ3n) is 4.82. The van der Waals surface area contributed by atoms with E-state index in [1.807, 2.05) is 36.4 Å². The number of benzene rings is 1. The van der Waals surface area contributed by atoms with Crippen molar-refractivity contribution in [2.45, 2.75) is 20.4 Å². The number of anilines is 1. The summed E-state index contributed by atoms with van der Waals surface area (Å²) in [5.74, 6) is 3.02. The highest BCUT2D eigenvalue weighted by molar-refractivity contribution is 7.18. The Bertz CT molecular complexity index is 1170. The molecule has 0 amide bonds. The predicted octanol–water partition coefficient (Wildman–Crippen LogP) is 4.71. The highest BCUT2D eigenvalue weighted by atomic mass is 32.1. The number of thiophene rings is 1. The van der Waals surface area contributed by atoms with Crippen molar-refractivity contribution in [3.8, 4) is 23.0 Å². The normalized spacial score (nSPS) is 12.5. The fourth-order valence-electron chi connectivity index (χ4n) is 3.22. The molecule has 0 atom stereocenters. The van der Waals surface area contributed by atoms with Crippen molar-refractivity contribution >= 4 is 27.4 Å². The summed E-state index contributed by atoms with van der Waals surface area (Å²) in [6.07, 6.45) is 1.76. The van der Waals surface area contributed by atoms with Gasteiger partial charge in [0.25, 0.3) is 0 Å². The van der Waals surface area contributed by atoms with Crippen LogP contribution in [0.3, 0.4) is 0 Å². The van der Waals surface area contributed by atoms with Gasteiger partial charge in [0.2, 0.25) is 6.79 Å². The Kier molecular flexibility index (Phi) is 4.09. The number of ether oxygens (including phenoxy) is 2. The molecule has 140 valence electrons. The smallest absolute Gasteiger partial charge is 0.231 e. The molecule has 0 saturated carbocycles. The molecular formula is C21H18N4O2S. The number of rotatable bonds is 4. The van der Waals surface area contributed by atoms with Crippen molar-refractivity contribution < 1.29 is 9.47 Å². The molecule has 0 saturated heterocycles. The second-order valence-corrected chi connectivity index (χ2v) is 7.82. The van der Waals surface area contributed by atoms with Crippen LogP contribution in [0.25, 0.3) is 21.7 Å². The van der Waals surface area contributed by atoms with Crippen LogP contribution in [-0.4, -0.2) is 21.7 Å². The maximum Gasteiger partial charge on any atom is 0.231 e. The van der Waals surface area contributed by atoms with Crippen LogP contribution in [0, 0.1) is 13.8 Å². The van der Waals surface area contributed by atoms with E-state index in [2.05, 4.69) is 24.1 Å². The number of hydrogen-bond acceptors (Lipinski definition) is 7. The number of pyridine rings is 1. The summed E-state index contributed by atoms with van der Waals surface area (Å²) in [4.78, 5) is 16.2. The summed E-state index contributed by atoms with van der Waals surface area (Å²) in [6, 6.07) is 11.7. The summed E-state index contributed by atoms with van der Waals surface area (Å²) >= 11 is 1.68.